The van der Waals surface area contributed by atoms with E-state index in [0.29, 0.717) is 159 Å². The van der Waals surface area contributed by atoms with Gasteiger partial charge in [0.25, 0.3) is 0 Å². The van der Waals surface area contributed by atoms with Gasteiger partial charge in [-0.1, -0.05) is 66.1 Å². The van der Waals surface area contributed by atoms with Gasteiger partial charge in [0.1, 0.15) is 97.3 Å². The van der Waals surface area contributed by atoms with E-state index >= 15 is 0 Å². The van der Waals surface area contributed by atoms with Gasteiger partial charge in [-0.25, -0.2) is 48.7 Å². The van der Waals surface area contributed by atoms with Crippen molar-refractivity contribution in [2.24, 2.45) is 0 Å². The second-order valence-electron chi connectivity index (χ2n) is 23.3. The zero-order valence-corrected chi connectivity index (χ0v) is 56.8. The molecule has 28 nitrogen and oxygen atoms in total. The summed E-state index contributed by atoms with van der Waals surface area (Å²) in [7, 11) is 0. The number of nitrogens with zero attached hydrogens (tertiary/aromatic N) is 19. The minimum Gasteiger partial charge on any atom is -0.436 e. The van der Waals surface area contributed by atoms with E-state index in [0.717, 1.165) is 5.39 Å². The Morgan fingerprint density at radius 1 is 0.545 bits per heavy atom. The maximum Gasteiger partial charge on any atom is 0.247 e. The highest BCUT2D eigenvalue weighted by Crippen LogP contribution is 2.44. The van der Waals surface area contributed by atoms with Crippen LogP contribution in [0.4, 0.5) is 26.2 Å². The summed E-state index contributed by atoms with van der Waals surface area (Å²) >= 11 is 25.1. The van der Waals surface area contributed by atoms with Gasteiger partial charge in [-0.05, 0) is 63.3 Å². The normalized spacial score (nSPS) is 15.5. The lowest BCUT2D eigenvalue weighted by atomic mass is 10.1. The first-order valence-corrected chi connectivity index (χ1v) is 32.6. The molecule has 9 aromatic heterocycles. The molecule has 0 unspecified atom stereocenters. The number of carbonyl (C=O) groups is 3. The molecule has 3 N–H and O–H groups in total. The fourth-order valence-corrected chi connectivity index (χ4v) is 13.0. The van der Waals surface area contributed by atoms with Crippen molar-refractivity contribution in [2.45, 2.75) is 32.9 Å². The molecule has 2 atom stereocenters. The van der Waals surface area contributed by atoms with Gasteiger partial charge in [0.15, 0.2) is 11.5 Å². The van der Waals surface area contributed by atoms with Crippen LogP contribution in [0.1, 0.15) is 25.1 Å². The van der Waals surface area contributed by atoms with Crippen LogP contribution in [0.2, 0.25) is 20.2 Å². The van der Waals surface area contributed by atoms with Crippen molar-refractivity contribution >= 4 is 147 Å². The third-order valence-corrected chi connectivity index (χ3v) is 18.5. The Balaban J connectivity index is 0.000000136. The number of carbonyl (C=O) groups excluding carboxylic acids is 3. The molecule has 3 aromatic carbocycles. The Bertz CT molecular complexity index is 5360. The molecule has 0 saturated carbocycles. The maximum absolute atomic E-state index is 14.3. The quantitative estimate of drug-likeness (QED) is 0.0755. The molecular formula is C67H56Cl4F2N22O6. The highest BCUT2D eigenvalue weighted by atomic mass is 35.5. The number of hydrogen-bond acceptors (Lipinski definition) is 22. The van der Waals surface area contributed by atoms with E-state index < -0.39 is 11.6 Å². The molecule has 0 aliphatic carbocycles. The summed E-state index contributed by atoms with van der Waals surface area (Å²) in [5.74, 6) is 1.38. The Morgan fingerprint density at radius 3 is 1.50 bits per heavy atom. The zero-order chi connectivity index (χ0) is 70.9. The monoisotopic (exact) mass is 1440 g/mol. The summed E-state index contributed by atoms with van der Waals surface area (Å²) in [6.07, 6.45) is 14.4. The molecule has 0 spiro atoms. The van der Waals surface area contributed by atoms with Gasteiger partial charge in [0, 0.05) is 112 Å². The largest absolute Gasteiger partial charge is 0.436 e. The summed E-state index contributed by atoms with van der Waals surface area (Å²) in [6.45, 7) is 22.1. The number of nitrogens with one attached hydrogen (secondary N) is 3. The summed E-state index contributed by atoms with van der Waals surface area (Å²) in [6, 6.07) is 11.4. The minimum absolute atomic E-state index is 0.0210. The van der Waals surface area contributed by atoms with Crippen LogP contribution in [0.15, 0.2) is 118 Å². The average molecular weight is 1450 g/mol. The van der Waals surface area contributed by atoms with Gasteiger partial charge in [0.05, 0.1) is 62.1 Å². The third-order valence-electron chi connectivity index (χ3n) is 17.2. The van der Waals surface area contributed by atoms with Gasteiger partial charge in [-0.2, -0.15) is 25.5 Å². The molecule has 0 radical (unpaired) electrons. The second kappa shape index (κ2) is 28.7. The van der Waals surface area contributed by atoms with Crippen LogP contribution in [0, 0.1) is 29.9 Å². The molecule has 3 amide bonds. The van der Waals surface area contributed by atoms with Crippen molar-refractivity contribution in [2.75, 3.05) is 80.1 Å². The maximum atomic E-state index is 14.3. The van der Waals surface area contributed by atoms with Crippen molar-refractivity contribution in [3.8, 4) is 41.0 Å². The van der Waals surface area contributed by atoms with Crippen LogP contribution in [0.25, 0.3) is 65.4 Å². The molecule has 34 heteroatoms. The Kier molecular flexibility index (Phi) is 19.4. The van der Waals surface area contributed by atoms with Gasteiger partial charge in [0.2, 0.25) is 35.4 Å². The molecule has 3 saturated heterocycles. The number of anilines is 3. The van der Waals surface area contributed by atoms with E-state index in [2.05, 4.69) is 111 Å². The molecule has 512 valence electrons. The van der Waals surface area contributed by atoms with Crippen LogP contribution >= 0.6 is 46.4 Å². The molecule has 15 rings (SSSR count). The standard InChI is InChI=1S/C24H21ClN8O2.C22H19ClFN7O2.C21H16Cl2FN7O2/c1-4-20(34)33-6-5-32(11-13(33)2)23-16-7-15(9-26)30-24(21(16)27-12-28-23)35-22-14(3)18(25)8-19-17(22)10-29-31-19;1-3-17(32)31-7-6-30(10-12(31)2)21-13-4-5-25-22(19(13)26-11-27-21)33-20-14-9-28-29-16(14)8-15(24)18(20)23;1-2-16(32)30-3-5-31(6-4-30)20-11-7-15(22)28-21(18(11)25-10-26-20)33-19-12-9-27-29-14(12)8-13(24)17(19)23/h4,7-8,10,12-13H,1,5-6,11H2,2-3H3,(H,29,31);3-5,8-9,11-12H,1,6-7,10H2,2H3,(H,28,29);2,7-10H,1,3-6H2,(H,27,29)/t13-;12-;/m10./s1. The van der Waals surface area contributed by atoms with E-state index in [9.17, 15) is 28.4 Å². The fraction of sp³-hybridized carbons (Fsp3) is 0.224. The zero-order valence-electron chi connectivity index (χ0n) is 53.8. The first-order chi connectivity index (χ1) is 48.8. The summed E-state index contributed by atoms with van der Waals surface area (Å²) in [5, 5.41) is 33.9. The number of fused-ring (bicyclic) bond motifs is 6. The van der Waals surface area contributed by atoms with E-state index in [4.69, 9.17) is 60.6 Å². The van der Waals surface area contributed by atoms with Gasteiger partial charge in [-0.3, -0.25) is 29.7 Å². The molecule has 0 bridgehead atoms. The van der Waals surface area contributed by atoms with Crippen LogP contribution in [0.5, 0.6) is 34.9 Å². The third kappa shape index (κ3) is 13.4. The molecule has 3 aliphatic rings. The number of rotatable bonds is 12. The number of aromatic amines is 3. The van der Waals surface area contributed by atoms with Crippen molar-refractivity contribution in [3.05, 3.63) is 161 Å². The lowest BCUT2D eigenvalue weighted by molar-refractivity contribution is -0.129. The average Bonchev–Trinajstić information content (AvgIpc) is 1.32. The lowest BCUT2D eigenvalue weighted by Gasteiger charge is -2.40. The van der Waals surface area contributed by atoms with Crippen LogP contribution in [-0.4, -0.2) is 185 Å². The highest BCUT2D eigenvalue weighted by Gasteiger charge is 2.32. The van der Waals surface area contributed by atoms with Crippen LogP contribution < -0.4 is 28.9 Å². The molecular weight excluding hydrogens is 1390 g/mol. The fourth-order valence-electron chi connectivity index (χ4n) is 12.2. The van der Waals surface area contributed by atoms with Gasteiger partial charge >= 0.3 is 0 Å². The summed E-state index contributed by atoms with van der Waals surface area (Å²) in [5.41, 5.74) is 3.76. The Morgan fingerprint density at radius 2 is 0.990 bits per heavy atom. The molecule has 12 heterocycles. The number of H-pyrrole nitrogens is 3. The number of halogens is 6. The van der Waals surface area contributed by atoms with Crippen molar-refractivity contribution in [1.82, 2.24) is 90.1 Å². The van der Waals surface area contributed by atoms with E-state index in [-0.39, 0.29) is 79.8 Å². The smallest absolute Gasteiger partial charge is 0.247 e. The van der Waals surface area contributed by atoms with Crippen molar-refractivity contribution in [1.29, 1.82) is 5.26 Å². The predicted molar refractivity (Wildman–Crippen MR) is 376 cm³/mol. The number of nitriles is 1. The summed E-state index contributed by atoms with van der Waals surface area (Å²) < 4.78 is 46.9. The van der Waals surface area contributed by atoms with Crippen LogP contribution in [-0.2, 0) is 14.4 Å². The van der Waals surface area contributed by atoms with Crippen LogP contribution in [0.3, 0.4) is 0 Å². The number of piperazine rings is 3. The van der Waals surface area contributed by atoms with Gasteiger partial charge < -0.3 is 43.6 Å². The number of benzene rings is 3. The first-order valence-electron chi connectivity index (χ1n) is 31.1. The Hall–Kier alpha value is -11.5. The molecule has 3 aliphatic heterocycles. The predicted octanol–water partition coefficient (Wildman–Crippen LogP) is 11.4. The number of ether oxygens (including phenoxy) is 3. The molecule has 12 aromatic rings. The SMILES string of the molecule is C=CC(=O)N1CCN(c2ncnc3c(Oc4c(C)c(Cl)cc5[nH]ncc45)nc(C#N)cc23)C[C@H]1C.C=CC(=O)N1CCN(c2ncnc3c(Oc4c(Cl)c(F)cc5[nH]ncc45)nc(Cl)cc23)CC1.C=CC(=O)N1CCN(c2ncnc3c(Oc4c(Cl)c(F)cc5[nH]ncc45)nccc23)C[C@@H]1C. The van der Waals surface area contributed by atoms with E-state index in [1.807, 2.05) is 25.7 Å². The first kappa shape index (κ1) is 68.0. The molecule has 101 heavy (non-hydrogen) atoms. The number of pyridine rings is 3. The number of amides is 3. The topological polar surface area (TPSA) is 324 Å². The van der Waals surface area contributed by atoms with E-state index in [1.54, 1.807) is 51.4 Å². The van der Waals surface area contributed by atoms with Crippen molar-refractivity contribution < 1.29 is 37.4 Å². The van der Waals surface area contributed by atoms with Gasteiger partial charge in [-0.15, -0.1) is 0 Å². The minimum atomic E-state index is -0.669. The Labute approximate surface area is 591 Å². The lowest BCUT2D eigenvalue weighted by Crippen LogP contribution is -2.54. The second-order valence-corrected chi connectivity index (χ2v) is 24.8. The summed E-state index contributed by atoms with van der Waals surface area (Å²) in [4.78, 5) is 87.1. The molecule has 3 fully saturated rings. The van der Waals surface area contributed by atoms with E-state index in [1.165, 1.54) is 61.7 Å². The number of aromatic nitrogens is 15. The van der Waals surface area contributed by atoms with Crippen molar-refractivity contribution in [3.63, 3.8) is 0 Å². The number of hydrogen-bond donors (Lipinski definition) is 3. The highest BCUT2D eigenvalue weighted by molar-refractivity contribution is 6.34.